The van der Waals surface area contributed by atoms with E-state index >= 15 is 0 Å². The van der Waals surface area contributed by atoms with E-state index < -0.39 is 50.3 Å². The molecular weight excluding hydrogens is 393 g/mol. The first kappa shape index (κ1) is 19.5. The Morgan fingerprint density at radius 1 is 1.22 bits per heavy atom. The predicted molar refractivity (Wildman–Crippen MR) is 84.8 cm³/mol. The van der Waals surface area contributed by atoms with Crippen LogP contribution in [0.1, 0.15) is 12.0 Å². The molecule has 27 heavy (non-hydrogen) atoms. The van der Waals surface area contributed by atoms with Gasteiger partial charge in [-0.15, -0.1) is 10.2 Å². The maximum absolute atomic E-state index is 13.4. The van der Waals surface area contributed by atoms with Crippen molar-refractivity contribution < 1.29 is 31.8 Å². The average molecular weight is 408 g/mol. The Balaban J connectivity index is 2.32. The van der Waals surface area contributed by atoms with E-state index in [4.69, 9.17) is 5.14 Å². The van der Waals surface area contributed by atoms with Gasteiger partial charge in [0.15, 0.2) is 0 Å². The molecule has 0 bridgehead atoms. The van der Waals surface area contributed by atoms with Gasteiger partial charge < -0.3 is 15.1 Å². The van der Waals surface area contributed by atoms with Crippen molar-refractivity contribution >= 4 is 15.7 Å². The number of alkyl halides is 3. The number of benzene rings is 1. The monoisotopic (exact) mass is 408 g/mol. The van der Waals surface area contributed by atoms with E-state index in [1.54, 1.807) is 0 Å². The smallest absolute Gasteiger partial charge is 0.391 e. The van der Waals surface area contributed by atoms with Crippen LogP contribution in [0.3, 0.4) is 0 Å². The van der Waals surface area contributed by atoms with Crippen LogP contribution >= 0.6 is 0 Å². The molecule has 1 aromatic heterocycles. The summed E-state index contributed by atoms with van der Waals surface area (Å²) in [6, 6.07) is 1.60. The molecule has 10 nitrogen and oxygen atoms in total. The van der Waals surface area contributed by atoms with Gasteiger partial charge in [0.1, 0.15) is 4.90 Å². The molecule has 0 saturated carbocycles. The number of hydrogen-bond acceptors (Lipinski definition) is 8. The lowest BCUT2D eigenvalue weighted by atomic mass is 10.0. The molecule has 2 heterocycles. The number of halogens is 3. The molecule has 14 heteroatoms. The van der Waals surface area contributed by atoms with Gasteiger partial charge in [-0.3, -0.25) is 0 Å². The second-order valence-corrected chi connectivity index (χ2v) is 7.56. The van der Waals surface area contributed by atoms with Gasteiger partial charge in [-0.25, -0.2) is 13.6 Å². The summed E-state index contributed by atoms with van der Waals surface area (Å²) in [6.45, 7) is -0.0886. The molecule has 5 N–H and O–H groups in total. The SMILES string of the molecule is NS(=O)(=O)c1c(C(F)(F)F)ccc(N2CC(O)CC(O)C2)c1-c1nn[nH]n1. The minimum atomic E-state index is -5.01. The summed E-state index contributed by atoms with van der Waals surface area (Å²) in [5.41, 5.74) is -2.03. The fraction of sp³-hybridized carbons (Fsp3) is 0.462. The minimum absolute atomic E-state index is 0.0359. The number of H-pyrrole nitrogens is 1. The van der Waals surface area contributed by atoms with Crippen LogP contribution in [-0.2, 0) is 16.2 Å². The van der Waals surface area contributed by atoms with Crippen molar-refractivity contribution in [1.29, 1.82) is 0 Å². The standard InChI is InChI=1S/C13H15F3N6O4S/c14-13(15,16)8-1-2-9(22-4-6(23)3-7(24)5-22)10(11(8)27(17,25)26)12-18-20-21-19-12/h1-2,6-7,23-24H,3-5H2,(H2,17,25,26)(H,18,19,20,21). The van der Waals surface area contributed by atoms with Crippen LogP contribution in [0.4, 0.5) is 18.9 Å². The quantitative estimate of drug-likeness (QED) is 0.527. The van der Waals surface area contributed by atoms with E-state index in [1.807, 2.05) is 0 Å². The number of aromatic nitrogens is 4. The topological polar surface area (TPSA) is 158 Å². The predicted octanol–water partition coefficient (Wildman–Crippen LogP) is -0.535. The lowest BCUT2D eigenvalue weighted by Gasteiger charge is -2.36. The maximum Gasteiger partial charge on any atom is 0.417 e. The molecule has 0 radical (unpaired) electrons. The fourth-order valence-electron chi connectivity index (χ4n) is 3.08. The zero-order valence-corrected chi connectivity index (χ0v) is 14.4. The fourth-order valence-corrected chi connectivity index (χ4v) is 4.05. The molecule has 1 aliphatic heterocycles. The molecule has 3 rings (SSSR count). The summed E-state index contributed by atoms with van der Waals surface area (Å²) in [4.78, 5) is 0.141. The third kappa shape index (κ3) is 3.87. The van der Waals surface area contributed by atoms with Gasteiger partial charge in [-0.1, -0.05) is 0 Å². The van der Waals surface area contributed by atoms with E-state index in [0.717, 1.165) is 6.07 Å². The van der Waals surface area contributed by atoms with Gasteiger partial charge in [0.2, 0.25) is 15.8 Å². The number of β-amino-alcohol motifs (C(OH)–C–C–N with tert-alkyl or cyclic N) is 2. The maximum atomic E-state index is 13.4. The molecule has 1 aromatic carbocycles. The Hall–Kier alpha value is -2.29. The summed E-state index contributed by atoms with van der Waals surface area (Å²) < 4.78 is 64.4. The van der Waals surface area contributed by atoms with Crippen molar-refractivity contribution in [3.05, 3.63) is 17.7 Å². The number of sulfonamides is 1. The Morgan fingerprint density at radius 2 is 1.85 bits per heavy atom. The number of nitrogens with one attached hydrogen (secondary N) is 1. The molecule has 0 amide bonds. The first-order chi connectivity index (χ1) is 12.5. The summed E-state index contributed by atoms with van der Waals surface area (Å²) in [5.74, 6) is -0.422. The number of anilines is 1. The van der Waals surface area contributed by atoms with E-state index in [9.17, 15) is 31.8 Å². The number of hydrogen-bond donors (Lipinski definition) is 4. The Kier molecular flexibility index (Phi) is 4.83. The van der Waals surface area contributed by atoms with Crippen molar-refractivity contribution in [2.75, 3.05) is 18.0 Å². The zero-order chi connectivity index (χ0) is 20.0. The van der Waals surface area contributed by atoms with E-state index in [2.05, 4.69) is 20.6 Å². The van der Waals surface area contributed by atoms with Crippen LogP contribution in [0.2, 0.25) is 0 Å². The van der Waals surface area contributed by atoms with Gasteiger partial charge in [-0.2, -0.15) is 18.4 Å². The Labute approximate surface area is 150 Å². The number of aliphatic hydroxyl groups is 2. The van der Waals surface area contributed by atoms with Crippen LogP contribution in [0.25, 0.3) is 11.4 Å². The third-order valence-corrected chi connectivity index (χ3v) is 5.03. The van der Waals surface area contributed by atoms with Gasteiger partial charge >= 0.3 is 6.18 Å². The van der Waals surface area contributed by atoms with E-state index in [1.165, 1.54) is 4.90 Å². The largest absolute Gasteiger partial charge is 0.417 e. The van der Waals surface area contributed by atoms with Gasteiger partial charge in [0.25, 0.3) is 0 Å². The molecule has 1 fully saturated rings. The Bertz CT molecular complexity index is 924. The number of nitrogens with two attached hydrogens (primary N) is 1. The summed E-state index contributed by atoms with van der Waals surface area (Å²) in [6.07, 6.45) is -6.87. The van der Waals surface area contributed by atoms with Gasteiger partial charge in [-0.05, 0) is 17.3 Å². The second-order valence-electron chi connectivity index (χ2n) is 6.06. The van der Waals surface area contributed by atoms with Crippen molar-refractivity contribution in [3.63, 3.8) is 0 Å². The molecular formula is C13H15F3N6O4S. The second kappa shape index (κ2) is 6.70. The van der Waals surface area contributed by atoms with Gasteiger partial charge in [0.05, 0.1) is 23.3 Å². The molecule has 2 atom stereocenters. The summed E-state index contributed by atoms with van der Waals surface area (Å²) in [7, 11) is -4.85. The molecule has 148 valence electrons. The lowest BCUT2D eigenvalue weighted by molar-refractivity contribution is -0.139. The van der Waals surface area contributed by atoms with E-state index in [0.29, 0.717) is 6.07 Å². The van der Waals surface area contributed by atoms with Crippen LogP contribution in [0.5, 0.6) is 0 Å². The van der Waals surface area contributed by atoms with Crippen molar-refractivity contribution in [3.8, 4) is 11.4 Å². The normalized spacial score (nSPS) is 21.5. The zero-order valence-electron chi connectivity index (χ0n) is 13.5. The minimum Gasteiger partial charge on any atom is -0.391 e. The molecule has 0 spiro atoms. The highest BCUT2D eigenvalue weighted by molar-refractivity contribution is 7.89. The first-order valence-corrected chi connectivity index (χ1v) is 9.15. The number of rotatable bonds is 3. The lowest BCUT2D eigenvalue weighted by Crippen LogP contribution is -2.46. The number of aliphatic hydroxyl groups excluding tert-OH is 2. The number of aromatic amines is 1. The van der Waals surface area contributed by atoms with Crippen LogP contribution < -0.4 is 10.0 Å². The number of tetrazole rings is 1. The summed E-state index contributed by atoms with van der Waals surface area (Å²) in [5, 5.41) is 37.3. The van der Waals surface area contributed by atoms with Crippen LogP contribution in [-0.4, -0.2) is 64.6 Å². The molecule has 1 saturated heterocycles. The van der Waals surface area contributed by atoms with Crippen LogP contribution in [0, 0.1) is 0 Å². The number of piperidine rings is 1. The highest BCUT2D eigenvalue weighted by Crippen LogP contribution is 2.43. The highest BCUT2D eigenvalue weighted by Gasteiger charge is 2.41. The number of nitrogens with zero attached hydrogens (tertiary/aromatic N) is 4. The van der Waals surface area contributed by atoms with Crippen molar-refractivity contribution in [2.24, 2.45) is 5.14 Å². The molecule has 2 aromatic rings. The van der Waals surface area contributed by atoms with Crippen LogP contribution in [0.15, 0.2) is 17.0 Å². The first-order valence-electron chi connectivity index (χ1n) is 7.60. The average Bonchev–Trinajstić information content (AvgIpc) is 3.04. The van der Waals surface area contributed by atoms with Crippen molar-refractivity contribution in [2.45, 2.75) is 29.7 Å². The molecule has 2 unspecified atom stereocenters. The van der Waals surface area contributed by atoms with Gasteiger partial charge in [0, 0.05) is 25.2 Å². The van der Waals surface area contributed by atoms with Crippen molar-refractivity contribution in [1.82, 2.24) is 20.6 Å². The highest BCUT2D eigenvalue weighted by atomic mass is 32.2. The summed E-state index contributed by atoms with van der Waals surface area (Å²) >= 11 is 0. The Morgan fingerprint density at radius 3 is 2.33 bits per heavy atom. The third-order valence-electron chi connectivity index (χ3n) is 4.04. The molecule has 1 aliphatic rings. The van der Waals surface area contributed by atoms with E-state index in [-0.39, 0.29) is 25.2 Å². The number of primary sulfonamides is 1. The molecule has 0 aliphatic carbocycles.